The van der Waals surface area contributed by atoms with Crippen LogP contribution in [0.3, 0.4) is 0 Å². The van der Waals surface area contributed by atoms with Crippen molar-refractivity contribution in [3.8, 4) is 28.5 Å². The van der Waals surface area contributed by atoms with Gasteiger partial charge in [-0.1, -0.05) is 127 Å². The Labute approximate surface area is 304 Å². The van der Waals surface area contributed by atoms with Crippen LogP contribution in [0.4, 0.5) is 17.1 Å². The Balaban J connectivity index is 1.15. The van der Waals surface area contributed by atoms with Gasteiger partial charge in [-0.2, -0.15) is 9.97 Å². The minimum Gasteiger partial charge on any atom is -0.309 e. The summed E-state index contributed by atoms with van der Waals surface area (Å²) in [6.45, 7) is 1.93. The number of para-hydroxylation sites is 3. The third-order valence-corrected chi connectivity index (χ3v) is 10.9. The molecule has 0 atom stereocenters. The summed E-state index contributed by atoms with van der Waals surface area (Å²) in [5, 5.41) is 4.88. The van der Waals surface area contributed by atoms with E-state index in [-0.39, 0.29) is 0 Å². The first kappa shape index (κ1) is 30.2. The third-order valence-electron chi connectivity index (χ3n) is 9.74. The summed E-state index contributed by atoms with van der Waals surface area (Å²) in [7, 11) is 0. The van der Waals surface area contributed by atoms with Crippen molar-refractivity contribution in [3.05, 3.63) is 176 Å². The first-order valence-electron chi connectivity index (χ1n) is 17.4. The van der Waals surface area contributed by atoms with Gasteiger partial charge in [-0.05, 0) is 55.0 Å². The molecule has 0 aliphatic rings. The van der Waals surface area contributed by atoms with Crippen molar-refractivity contribution >= 4 is 70.4 Å². The van der Waals surface area contributed by atoms with E-state index in [1.165, 1.54) is 25.9 Å². The molecule has 0 unspecified atom stereocenters. The highest BCUT2D eigenvalue weighted by Crippen LogP contribution is 2.45. The number of aromatic nitrogens is 4. The zero-order valence-corrected chi connectivity index (χ0v) is 29.1. The molecule has 0 bridgehead atoms. The number of benzene rings is 7. The average molecular weight is 686 g/mol. The van der Waals surface area contributed by atoms with Gasteiger partial charge in [0.2, 0.25) is 5.95 Å². The van der Waals surface area contributed by atoms with E-state index in [2.05, 4.69) is 149 Å². The molecule has 7 aromatic carbocycles. The van der Waals surface area contributed by atoms with Crippen molar-refractivity contribution < 1.29 is 0 Å². The van der Waals surface area contributed by atoms with Crippen molar-refractivity contribution in [3.63, 3.8) is 0 Å². The third kappa shape index (κ3) is 4.95. The lowest BCUT2D eigenvalue weighted by Crippen LogP contribution is -2.09. The van der Waals surface area contributed by atoms with Gasteiger partial charge in [0, 0.05) is 48.7 Å². The minimum absolute atomic E-state index is 0.605. The second-order valence-electron chi connectivity index (χ2n) is 12.9. The zero-order chi connectivity index (χ0) is 34.6. The molecule has 6 heteroatoms. The molecule has 52 heavy (non-hydrogen) atoms. The molecule has 0 spiro atoms. The topological polar surface area (TPSA) is 46.8 Å². The van der Waals surface area contributed by atoms with Gasteiger partial charge in [-0.25, -0.2) is 4.98 Å². The molecule has 0 saturated heterocycles. The Morgan fingerprint density at radius 1 is 0.500 bits per heavy atom. The summed E-state index contributed by atoms with van der Waals surface area (Å²) < 4.78 is 4.77. The van der Waals surface area contributed by atoms with Crippen LogP contribution in [-0.2, 0) is 0 Å². The lowest BCUT2D eigenvalue weighted by Gasteiger charge is -2.26. The normalized spacial score (nSPS) is 11.6. The van der Waals surface area contributed by atoms with Crippen LogP contribution in [0.1, 0.15) is 5.82 Å². The van der Waals surface area contributed by atoms with E-state index in [1.54, 1.807) is 0 Å². The van der Waals surface area contributed by atoms with E-state index in [0.29, 0.717) is 17.6 Å². The van der Waals surface area contributed by atoms with Crippen LogP contribution >= 0.6 is 11.3 Å². The van der Waals surface area contributed by atoms with Crippen molar-refractivity contribution in [1.82, 2.24) is 19.5 Å². The molecule has 3 heterocycles. The molecule has 0 amide bonds. The quantitative estimate of drug-likeness (QED) is 0.175. The van der Waals surface area contributed by atoms with Gasteiger partial charge in [0.15, 0.2) is 5.82 Å². The summed E-state index contributed by atoms with van der Waals surface area (Å²) in [4.78, 5) is 17.1. The Morgan fingerprint density at radius 3 is 1.98 bits per heavy atom. The fourth-order valence-electron chi connectivity index (χ4n) is 7.45. The van der Waals surface area contributed by atoms with Crippen LogP contribution in [0.15, 0.2) is 170 Å². The van der Waals surface area contributed by atoms with Crippen LogP contribution in [0.25, 0.3) is 70.4 Å². The molecule has 0 aliphatic carbocycles. The number of rotatable bonds is 6. The molecule has 0 N–H and O–H groups in total. The molecule has 10 rings (SSSR count). The summed E-state index contributed by atoms with van der Waals surface area (Å²) >= 11 is 1.85. The predicted molar refractivity (Wildman–Crippen MR) is 217 cm³/mol. The largest absolute Gasteiger partial charge is 0.309 e. The van der Waals surface area contributed by atoms with Crippen molar-refractivity contribution in [2.45, 2.75) is 6.92 Å². The van der Waals surface area contributed by atoms with Crippen molar-refractivity contribution in [2.75, 3.05) is 4.90 Å². The first-order valence-corrected chi connectivity index (χ1v) is 18.2. The molecular weight excluding hydrogens is 655 g/mol. The highest BCUT2D eigenvalue weighted by Gasteiger charge is 2.21. The fraction of sp³-hybridized carbons (Fsp3) is 0.0217. The summed E-state index contributed by atoms with van der Waals surface area (Å²) in [6, 6.07) is 60.1. The number of thiophene rings is 1. The highest BCUT2D eigenvalue weighted by atomic mass is 32.1. The maximum Gasteiger partial charge on any atom is 0.238 e. The van der Waals surface area contributed by atoms with Crippen molar-refractivity contribution in [2.24, 2.45) is 0 Å². The molecule has 0 radical (unpaired) electrons. The molecule has 5 nitrogen and oxygen atoms in total. The summed E-state index contributed by atoms with van der Waals surface area (Å²) in [5.41, 5.74) is 8.67. The number of anilines is 3. The summed E-state index contributed by atoms with van der Waals surface area (Å²) in [6.07, 6.45) is 0. The zero-order valence-electron chi connectivity index (χ0n) is 28.3. The molecule has 0 fully saturated rings. The van der Waals surface area contributed by atoms with Crippen LogP contribution in [0, 0.1) is 6.92 Å². The Hall–Kier alpha value is -6.63. The van der Waals surface area contributed by atoms with E-state index in [4.69, 9.17) is 15.0 Å². The van der Waals surface area contributed by atoms with Gasteiger partial charge >= 0.3 is 0 Å². The number of nitrogens with zero attached hydrogens (tertiary/aromatic N) is 5. The smallest absolute Gasteiger partial charge is 0.238 e. The Bertz CT molecular complexity index is 2910. The number of fused-ring (bicyclic) bond motifs is 6. The molecular formula is C46H31N5S. The Kier molecular flexibility index (Phi) is 7.15. The SMILES string of the molecule is Cc1nc(-c2ccccc2)nc(-n2c3ccccc3c3cccc(-c4ccc(N(c5ccccc5)c5cccc6c5sc5ccccc56)cc4)c32)n1. The molecule has 10 aromatic rings. The lowest BCUT2D eigenvalue weighted by molar-refractivity contribution is 0.907. The van der Waals surface area contributed by atoms with Crippen LogP contribution in [0.2, 0.25) is 0 Å². The second-order valence-corrected chi connectivity index (χ2v) is 13.9. The minimum atomic E-state index is 0.605. The van der Waals surface area contributed by atoms with Crippen LogP contribution in [-0.4, -0.2) is 19.5 Å². The van der Waals surface area contributed by atoms with Gasteiger partial charge in [-0.3, -0.25) is 4.57 Å². The first-order chi connectivity index (χ1) is 25.7. The molecule has 246 valence electrons. The van der Waals surface area contributed by atoms with Crippen LogP contribution in [0.5, 0.6) is 0 Å². The molecule has 0 aliphatic heterocycles. The Morgan fingerprint density at radius 2 is 1.15 bits per heavy atom. The van der Waals surface area contributed by atoms with E-state index in [0.717, 1.165) is 49.9 Å². The van der Waals surface area contributed by atoms with Gasteiger partial charge in [0.1, 0.15) is 5.82 Å². The number of hydrogen-bond acceptors (Lipinski definition) is 5. The van der Waals surface area contributed by atoms with E-state index < -0.39 is 0 Å². The highest BCUT2D eigenvalue weighted by molar-refractivity contribution is 7.26. The van der Waals surface area contributed by atoms with E-state index >= 15 is 0 Å². The van der Waals surface area contributed by atoms with Crippen LogP contribution < -0.4 is 4.90 Å². The van der Waals surface area contributed by atoms with Gasteiger partial charge in [0.25, 0.3) is 0 Å². The van der Waals surface area contributed by atoms with E-state index in [9.17, 15) is 0 Å². The monoisotopic (exact) mass is 685 g/mol. The maximum absolute atomic E-state index is 5.06. The fourth-order valence-corrected chi connectivity index (χ4v) is 8.65. The lowest BCUT2D eigenvalue weighted by atomic mass is 10.0. The standard InChI is InChI=1S/C46H31N5S/c1-30-47-45(32-14-4-2-5-15-32)49-46(48-30)51-40-23-10-8-18-36(40)38-21-12-20-35(43(38)51)31-26-28-34(29-27-31)50(33-16-6-3-7-17-33)41-24-13-22-39-37-19-9-11-25-42(37)52-44(39)41/h2-29H,1H3. The average Bonchev–Trinajstić information content (AvgIpc) is 3.76. The van der Waals surface area contributed by atoms with Crippen molar-refractivity contribution in [1.29, 1.82) is 0 Å². The molecule has 0 saturated carbocycles. The number of hydrogen-bond donors (Lipinski definition) is 0. The maximum atomic E-state index is 5.06. The van der Waals surface area contributed by atoms with Gasteiger partial charge in [0.05, 0.1) is 21.4 Å². The number of aryl methyl sites for hydroxylation is 1. The van der Waals surface area contributed by atoms with E-state index in [1.807, 2.05) is 48.6 Å². The van der Waals surface area contributed by atoms with Gasteiger partial charge in [-0.15, -0.1) is 11.3 Å². The predicted octanol–water partition coefficient (Wildman–Crippen LogP) is 12.4. The second kappa shape index (κ2) is 12.3. The summed E-state index contributed by atoms with van der Waals surface area (Å²) in [5.74, 6) is 1.94. The molecule has 3 aromatic heterocycles. The van der Waals surface area contributed by atoms with Gasteiger partial charge < -0.3 is 4.90 Å².